The monoisotopic (exact) mass is 442 g/mol. The van der Waals surface area contributed by atoms with Gasteiger partial charge in [-0.1, -0.05) is 53.5 Å². The summed E-state index contributed by atoms with van der Waals surface area (Å²) in [6, 6.07) is 23.8. The lowest BCUT2D eigenvalue weighted by Gasteiger charge is -2.25. The Hall–Kier alpha value is -2.47. The molecule has 1 aliphatic heterocycles. The molecule has 3 aromatic carbocycles. The molecule has 146 valence electrons. The van der Waals surface area contributed by atoms with Gasteiger partial charge in [-0.3, -0.25) is 4.79 Å². The molecule has 0 fully saturated rings. The van der Waals surface area contributed by atoms with Crippen molar-refractivity contribution >= 4 is 45.9 Å². The summed E-state index contributed by atoms with van der Waals surface area (Å²) < 4.78 is 15.1. The molecule has 29 heavy (non-hydrogen) atoms. The van der Waals surface area contributed by atoms with E-state index in [9.17, 15) is 4.79 Å². The van der Waals surface area contributed by atoms with Crippen LogP contribution in [0.5, 0.6) is 0 Å². The molecule has 0 bridgehead atoms. The van der Waals surface area contributed by atoms with Crippen LogP contribution < -0.4 is 0 Å². The molecule has 1 heterocycles. The van der Waals surface area contributed by atoms with Crippen molar-refractivity contribution in [1.82, 2.24) is 0 Å². The lowest BCUT2D eigenvalue weighted by Crippen LogP contribution is -2.24. The van der Waals surface area contributed by atoms with E-state index in [0.717, 1.165) is 11.1 Å². The highest BCUT2D eigenvalue weighted by Gasteiger charge is 2.25. The van der Waals surface area contributed by atoms with Gasteiger partial charge in [0.1, 0.15) is 6.10 Å². The number of ether oxygens (including phenoxy) is 1. The summed E-state index contributed by atoms with van der Waals surface area (Å²) in [4.78, 5) is 12.6. The third-order valence-electron chi connectivity index (χ3n) is 4.28. The number of carbonyl (C=O) groups is 1. The maximum Gasteiger partial charge on any atom is 0.284 e. The zero-order valence-corrected chi connectivity index (χ0v) is 17.5. The SMILES string of the molecule is O=C(N=S1C[C@H](c2ccccc2)OC(c2ccc(Cl)cc2)=N1)c1ccc(Cl)cc1. The maximum absolute atomic E-state index is 12.6. The van der Waals surface area contributed by atoms with Crippen LogP contribution in [0.1, 0.15) is 27.6 Å². The molecule has 2 atom stereocenters. The first-order valence-corrected chi connectivity index (χ1v) is 10.9. The summed E-state index contributed by atoms with van der Waals surface area (Å²) in [5.41, 5.74) is 2.29. The summed E-state index contributed by atoms with van der Waals surface area (Å²) in [5.74, 6) is 0.635. The van der Waals surface area contributed by atoms with Gasteiger partial charge in [-0.2, -0.15) is 8.76 Å². The van der Waals surface area contributed by atoms with Crippen LogP contribution in [0.2, 0.25) is 10.0 Å². The van der Waals surface area contributed by atoms with Gasteiger partial charge in [-0.25, -0.2) is 0 Å². The predicted molar refractivity (Wildman–Crippen MR) is 119 cm³/mol. The Morgan fingerprint density at radius 2 is 1.55 bits per heavy atom. The largest absolute Gasteiger partial charge is 0.468 e. The van der Waals surface area contributed by atoms with Crippen molar-refractivity contribution in [3.05, 3.63) is 106 Å². The molecular weight excluding hydrogens is 427 g/mol. The minimum Gasteiger partial charge on any atom is -0.468 e. The molecule has 1 unspecified atom stereocenters. The first-order chi connectivity index (χ1) is 14.1. The van der Waals surface area contributed by atoms with Gasteiger partial charge in [0.15, 0.2) is 0 Å². The van der Waals surface area contributed by atoms with Crippen molar-refractivity contribution in [3.63, 3.8) is 0 Å². The van der Waals surface area contributed by atoms with Crippen molar-refractivity contribution in [1.29, 1.82) is 0 Å². The van der Waals surface area contributed by atoms with Gasteiger partial charge in [-0.15, -0.1) is 0 Å². The molecule has 0 aliphatic carbocycles. The summed E-state index contributed by atoms with van der Waals surface area (Å²) in [6.07, 6.45) is -0.246. The number of amides is 1. The minimum atomic E-state index is -0.875. The number of hydrogen-bond acceptors (Lipinski definition) is 2. The second kappa shape index (κ2) is 8.91. The third-order valence-corrected chi connectivity index (χ3v) is 6.14. The molecule has 0 N–H and O–H groups in total. The van der Waals surface area contributed by atoms with Gasteiger partial charge >= 0.3 is 0 Å². The Morgan fingerprint density at radius 3 is 2.21 bits per heavy atom. The van der Waals surface area contributed by atoms with E-state index in [1.807, 2.05) is 42.5 Å². The Bertz CT molecular complexity index is 1080. The lowest BCUT2D eigenvalue weighted by molar-refractivity contribution is 0.100. The summed E-state index contributed by atoms with van der Waals surface area (Å²) in [6.45, 7) is 0. The molecule has 0 spiro atoms. The lowest BCUT2D eigenvalue weighted by atomic mass is 10.1. The fourth-order valence-corrected chi connectivity index (χ4v) is 4.41. The normalized spacial score (nSPS) is 18.8. The maximum atomic E-state index is 12.6. The number of halogens is 2. The standard InChI is InChI=1S/C22H16Cl2N2O2S/c23-18-10-6-16(7-11-18)21(27)25-29-14-20(15-4-2-1-3-5-15)28-22(26-29)17-8-12-19(24)13-9-17/h1-13,20H,14H2/t20-,29?/m1/s1. The summed E-state index contributed by atoms with van der Waals surface area (Å²) in [5, 5.41) is 1.20. The Labute approximate surface area is 181 Å². The molecule has 1 aliphatic rings. The topological polar surface area (TPSA) is 51.0 Å². The van der Waals surface area contributed by atoms with Crippen molar-refractivity contribution < 1.29 is 9.53 Å². The fourth-order valence-electron chi connectivity index (χ4n) is 2.80. The van der Waals surface area contributed by atoms with Crippen LogP contribution in [0.4, 0.5) is 0 Å². The van der Waals surface area contributed by atoms with E-state index in [1.54, 1.807) is 36.4 Å². The molecule has 1 amide bonds. The molecule has 4 nitrogen and oxygen atoms in total. The molecule has 0 saturated heterocycles. The highest BCUT2D eigenvalue weighted by Crippen LogP contribution is 2.27. The molecule has 0 saturated carbocycles. The minimum absolute atomic E-state index is 0.246. The van der Waals surface area contributed by atoms with Gasteiger partial charge in [0, 0.05) is 32.0 Å². The van der Waals surface area contributed by atoms with Gasteiger partial charge in [0.2, 0.25) is 5.90 Å². The van der Waals surface area contributed by atoms with Crippen LogP contribution >= 0.6 is 23.2 Å². The first kappa shape index (κ1) is 19.8. The summed E-state index contributed by atoms with van der Waals surface area (Å²) in [7, 11) is -0.875. The van der Waals surface area contributed by atoms with E-state index >= 15 is 0 Å². The zero-order chi connectivity index (χ0) is 20.2. The number of carbonyl (C=O) groups excluding carboxylic acids is 1. The average molecular weight is 443 g/mol. The van der Waals surface area contributed by atoms with E-state index in [0.29, 0.717) is 27.3 Å². The van der Waals surface area contributed by atoms with Crippen LogP contribution in [-0.4, -0.2) is 17.6 Å². The molecule has 3 aromatic rings. The van der Waals surface area contributed by atoms with E-state index in [4.69, 9.17) is 27.9 Å². The van der Waals surface area contributed by atoms with Crippen LogP contribution in [-0.2, 0) is 15.6 Å². The zero-order valence-electron chi connectivity index (χ0n) is 15.2. The molecular formula is C22H16Cl2N2O2S. The molecule has 0 radical (unpaired) electrons. The van der Waals surface area contributed by atoms with Crippen LogP contribution in [0.15, 0.2) is 87.6 Å². The quantitative estimate of drug-likeness (QED) is 0.494. The van der Waals surface area contributed by atoms with Crippen molar-refractivity contribution in [3.8, 4) is 0 Å². The molecule has 0 aromatic heterocycles. The highest BCUT2D eigenvalue weighted by molar-refractivity contribution is 7.86. The average Bonchev–Trinajstić information content (AvgIpc) is 2.75. The molecule has 7 heteroatoms. The predicted octanol–water partition coefficient (Wildman–Crippen LogP) is 6.07. The fraction of sp³-hybridized carbons (Fsp3) is 0.0909. The van der Waals surface area contributed by atoms with Crippen molar-refractivity contribution in [2.75, 3.05) is 5.75 Å². The molecule has 4 rings (SSSR count). The smallest absolute Gasteiger partial charge is 0.284 e. The van der Waals surface area contributed by atoms with Gasteiger partial charge in [-0.05, 0) is 54.1 Å². The second-order valence-corrected chi connectivity index (χ2v) is 8.58. The Morgan fingerprint density at radius 1 is 0.931 bits per heavy atom. The van der Waals surface area contributed by atoms with E-state index in [2.05, 4.69) is 8.76 Å². The van der Waals surface area contributed by atoms with Gasteiger partial charge < -0.3 is 4.74 Å². The van der Waals surface area contributed by atoms with Crippen LogP contribution in [0, 0.1) is 0 Å². The third kappa shape index (κ3) is 4.93. The van der Waals surface area contributed by atoms with Crippen molar-refractivity contribution in [2.45, 2.75) is 6.10 Å². The number of rotatable bonds is 3. The van der Waals surface area contributed by atoms with E-state index in [1.165, 1.54) is 0 Å². The van der Waals surface area contributed by atoms with Gasteiger partial charge in [0.05, 0.1) is 5.75 Å². The van der Waals surface area contributed by atoms with Crippen LogP contribution in [0.3, 0.4) is 0 Å². The summed E-state index contributed by atoms with van der Waals surface area (Å²) >= 11 is 11.9. The number of nitrogens with zero attached hydrogens (tertiary/aromatic N) is 2. The van der Waals surface area contributed by atoms with Gasteiger partial charge in [0.25, 0.3) is 5.91 Å². The Kier molecular flexibility index (Phi) is 6.09. The first-order valence-electron chi connectivity index (χ1n) is 8.87. The second-order valence-electron chi connectivity index (χ2n) is 6.33. The number of benzene rings is 3. The highest BCUT2D eigenvalue weighted by atomic mass is 35.5. The van der Waals surface area contributed by atoms with Crippen LogP contribution in [0.25, 0.3) is 0 Å². The Balaban J connectivity index is 1.70. The number of hydrogen-bond donors (Lipinski definition) is 0. The van der Waals surface area contributed by atoms with E-state index < -0.39 is 10.9 Å². The van der Waals surface area contributed by atoms with E-state index in [-0.39, 0.29) is 12.0 Å². The van der Waals surface area contributed by atoms with Crippen molar-refractivity contribution in [2.24, 2.45) is 8.76 Å².